The summed E-state index contributed by atoms with van der Waals surface area (Å²) in [5.74, 6) is -0.721. The predicted molar refractivity (Wildman–Crippen MR) is 105 cm³/mol. The summed E-state index contributed by atoms with van der Waals surface area (Å²) >= 11 is 6.18. The molecule has 1 atom stereocenters. The van der Waals surface area contributed by atoms with E-state index < -0.39 is 24.0 Å². The van der Waals surface area contributed by atoms with Crippen molar-refractivity contribution in [3.05, 3.63) is 22.7 Å². The highest BCUT2D eigenvalue weighted by Gasteiger charge is 2.24. The fraction of sp³-hybridized carbons (Fsp3) is 0.550. The summed E-state index contributed by atoms with van der Waals surface area (Å²) in [4.78, 5) is 36.6. The fourth-order valence-electron chi connectivity index (χ4n) is 3.31. The van der Waals surface area contributed by atoms with Gasteiger partial charge in [0.2, 0.25) is 0 Å². The third-order valence-electron chi connectivity index (χ3n) is 4.87. The number of carbonyl (C=O) groups is 3. The Bertz CT molecular complexity index is 778. The van der Waals surface area contributed by atoms with Crippen molar-refractivity contribution in [2.75, 3.05) is 13.2 Å². The van der Waals surface area contributed by atoms with Crippen LogP contribution in [0.25, 0.3) is 0 Å². The van der Waals surface area contributed by atoms with Crippen LogP contribution >= 0.6 is 11.6 Å². The molecule has 0 radical (unpaired) electrons. The molecule has 0 unspecified atom stereocenters. The van der Waals surface area contributed by atoms with Crippen LogP contribution < -0.4 is 20.1 Å². The van der Waals surface area contributed by atoms with Crippen LogP contribution in [-0.2, 0) is 9.53 Å². The van der Waals surface area contributed by atoms with Crippen LogP contribution in [0.5, 0.6) is 11.5 Å². The molecule has 0 spiro atoms. The number of hydrogen-bond acceptors (Lipinski definition) is 6. The van der Waals surface area contributed by atoms with Crippen LogP contribution in [0.4, 0.5) is 4.79 Å². The van der Waals surface area contributed by atoms with Gasteiger partial charge in [-0.15, -0.1) is 0 Å². The van der Waals surface area contributed by atoms with E-state index in [0.717, 1.165) is 32.1 Å². The first kappa shape index (κ1) is 21.2. The van der Waals surface area contributed by atoms with Gasteiger partial charge in [0.1, 0.15) is 0 Å². The zero-order valence-corrected chi connectivity index (χ0v) is 17.0. The van der Waals surface area contributed by atoms with Crippen molar-refractivity contribution < 1.29 is 28.6 Å². The minimum atomic E-state index is -1.16. The average Bonchev–Trinajstić information content (AvgIpc) is 2.94. The highest BCUT2D eigenvalue weighted by Crippen LogP contribution is 2.38. The zero-order chi connectivity index (χ0) is 20.8. The summed E-state index contributed by atoms with van der Waals surface area (Å²) < 4.78 is 16.2. The van der Waals surface area contributed by atoms with Gasteiger partial charge in [0.05, 0.1) is 23.8 Å². The van der Waals surface area contributed by atoms with Crippen LogP contribution in [0.1, 0.15) is 55.8 Å². The third kappa shape index (κ3) is 5.76. The average molecular weight is 425 g/mol. The molecule has 3 amide bonds. The Kier molecular flexibility index (Phi) is 7.19. The van der Waals surface area contributed by atoms with E-state index >= 15 is 0 Å². The van der Waals surface area contributed by atoms with E-state index in [0.29, 0.717) is 31.1 Å². The molecular formula is C20H25ClN2O6. The molecule has 1 heterocycles. The van der Waals surface area contributed by atoms with Crippen molar-refractivity contribution in [2.45, 2.75) is 57.6 Å². The van der Waals surface area contributed by atoms with Gasteiger partial charge in [-0.2, -0.15) is 0 Å². The number of carbonyl (C=O) groups excluding carboxylic acids is 3. The molecule has 1 saturated carbocycles. The van der Waals surface area contributed by atoms with Crippen molar-refractivity contribution >= 4 is 29.5 Å². The molecule has 1 aromatic carbocycles. The van der Waals surface area contributed by atoms with Gasteiger partial charge in [-0.1, -0.05) is 30.9 Å². The topological polar surface area (TPSA) is 103 Å². The number of amides is 3. The second-order valence-corrected chi connectivity index (χ2v) is 7.59. The lowest BCUT2D eigenvalue weighted by Gasteiger charge is -2.23. The number of nitrogens with one attached hydrogen (secondary N) is 2. The van der Waals surface area contributed by atoms with Crippen molar-refractivity contribution in [2.24, 2.45) is 0 Å². The molecule has 0 saturated heterocycles. The van der Waals surface area contributed by atoms with Gasteiger partial charge >= 0.3 is 12.0 Å². The van der Waals surface area contributed by atoms with E-state index in [1.165, 1.54) is 19.1 Å². The first-order valence-corrected chi connectivity index (χ1v) is 10.2. The SMILES string of the molecule is C[C@@H](OC(=O)c1cc(Cl)c2c(c1)OCCCO2)C(=O)NC(=O)NC1CCCCC1. The number of urea groups is 1. The van der Waals surface area contributed by atoms with E-state index in [1.54, 1.807) is 0 Å². The first-order valence-electron chi connectivity index (χ1n) is 9.85. The Labute approximate surface area is 174 Å². The Morgan fingerprint density at radius 2 is 1.83 bits per heavy atom. The van der Waals surface area contributed by atoms with Crippen molar-refractivity contribution in [1.82, 2.24) is 10.6 Å². The molecular weight excluding hydrogens is 400 g/mol. The van der Waals surface area contributed by atoms with E-state index in [4.69, 9.17) is 25.8 Å². The highest BCUT2D eigenvalue weighted by molar-refractivity contribution is 6.32. The second kappa shape index (κ2) is 9.82. The summed E-state index contributed by atoms with van der Waals surface area (Å²) in [6.07, 6.45) is 4.62. The number of esters is 1. The Morgan fingerprint density at radius 1 is 1.10 bits per heavy atom. The van der Waals surface area contributed by atoms with Crippen LogP contribution in [0.2, 0.25) is 5.02 Å². The summed E-state index contributed by atoms with van der Waals surface area (Å²) in [5.41, 5.74) is 0.130. The maximum atomic E-state index is 12.4. The molecule has 2 N–H and O–H groups in total. The van der Waals surface area contributed by atoms with Gasteiger partial charge in [-0.25, -0.2) is 9.59 Å². The van der Waals surface area contributed by atoms with Crippen molar-refractivity contribution in [1.29, 1.82) is 0 Å². The zero-order valence-electron chi connectivity index (χ0n) is 16.3. The molecule has 1 fully saturated rings. The maximum absolute atomic E-state index is 12.4. The van der Waals surface area contributed by atoms with Gasteiger partial charge < -0.3 is 19.5 Å². The lowest BCUT2D eigenvalue weighted by atomic mass is 9.96. The number of benzene rings is 1. The second-order valence-electron chi connectivity index (χ2n) is 7.18. The van der Waals surface area contributed by atoms with Crippen molar-refractivity contribution in [3.8, 4) is 11.5 Å². The van der Waals surface area contributed by atoms with Crippen LogP contribution in [-0.4, -0.2) is 43.3 Å². The normalized spacial score (nSPS) is 17.6. The molecule has 3 rings (SSSR count). The Hall–Kier alpha value is -2.48. The number of rotatable bonds is 4. The number of imide groups is 1. The molecule has 8 nitrogen and oxygen atoms in total. The molecule has 0 aromatic heterocycles. The molecule has 1 aromatic rings. The largest absolute Gasteiger partial charge is 0.489 e. The molecule has 1 aliphatic carbocycles. The number of fused-ring (bicyclic) bond motifs is 1. The molecule has 2 aliphatic rings. The highest BCUT2D eigenvalue weighted by atomic mass is 35.5. The number of halogens is 1. The summed E-state index contributed by atoms with van der Waals surface area (Å²) in [5, 5.41) is 5.22. The van der Waals surface area contributed by atoms with Crippen LogP contribution in [0.3, 0.4) is 0 Å². The maximum Gasteiger partial charge on any atom is 0.339 e. The Balaban J connectivity index is 1.55. The van der Waals surface area contributed by atoms with Crippen LogP contribution in [0, 0.1) is 0 Å². The standard InChI is InChI=1S/C20H25ClN2O6/c1-12(18(24)23-20(26)22-14-6-3-2-4-7-14)29-19(25)13-10-15(21)17-16(11-13)27-8-5-9-28-17/h10-12,14H,2-9H2,1H3,(H2,22,23,24,26)/t12-/m1/s1. The van der Waals surface area contributed by atoms with Gasteiger partial charge in [0.25, 0.3) is 5.91 Å². The molecule has 0 bridgehead atoms. The number of hydrogen-bond donors (Lipinski definition) is 2. The first-order chi connectivity index (χ1) is 13.9. The van der Waals surface area contributed by atoms with Gasteiger partial charge in [-0.3, -0.25) is 10.1 Å². The third-order valence-corrected chi connectivity index (χ3v) is 5.15. The van der Waals surface area contributed by atoms with Crippen molar-refractivity contribution in [3.63, 3.8) is 0 Å². The lowest BCUT2D eigenvalue weighted by Crippen LogP contribution is -2.48. The molecule has 29 heavy (non-hydrogen) atoms. The van der Waals surface area contributed by atoms with Crippen LogP contribution in [0.15, 0.2) is 12.1 Å². The quantitative estimate of drug-likeness (QED) is 0.719. The van der Waals surface area contributed by atoms with E-state index in [9.17, 15) is 14.4 Å². The molecule has 1 aliphatic heterocycles. The van der Waals surface area contributed by atoms with E-state index in [2.05, 4.69) is 10.6 Å². The minimum Gasteiger partial charge on any atom is -0.489 e. The Morgan fingerprint density at radius 3 is 2.59 bits per heavy atom. The van der Waals surface area contributed by atoms with Gasteiger partial charge in [0, 0.05) is 12.5 Å². The lowest BCUT2D eigenvalue weighted by molar-refractivity contribution is -0.127. The summed E-state index contributed by atoms with van der Waals surface area (Å²) in [6, 6.07) is 2.36. The van der Waals surface area contributed by atoms with E-state index in [1.807, 2.05) is 0 Å². The summed E-state index contributed by atoms with van der Waals surface area (Å²) in [7, 11) is 0. The molecule has 158 valence electrons. The summed E-state index contributed by atoms with van der Waals surface area (Å²) in [6.45, 7) is 2.30. The monoisotopic (exact) mass is 424 g/mol. The minimum absolute atomic E-state index is 0.0679. The predicted octanol–water partition coefficient (Wildman–Crippen LogP) is 3.21. The number of ether oxygens (including phenoxy) is 3. The van der Waals surface area contributed by atoms with E-state index in [-0.39, 0.29) is 16.6 Å². The fourth-order valence-corrected chi connectivity index (χ4v) is 3.58. The smallest absolute Gasteiger partial charge is 0.339 e. The van der Waals surface area contributed by atoms with Gasteiger partial charge in [-0.05, 0) is 31.9 Å². The van der Waals surface area contributed by atoms with Gasteiger partial charge in [0.15, 0.2) is 17.6 Å². The molecule has 9 heteroatoms.